The predicted octanol–water partition coefficient (Wildman–Crippen LogP) is 0.504. The number of nitrogens with zero attached hydrogens (tertiary/aromatic N) is 3. The van der Waals surface area contributed by atoms with E-state index in [2.05, 4.69) is 14.8 Å². The van der Waals surface area contributed by atoms with Crippen molar-refractivity contribution in [2.24, 2.45) is 5.73 Å². The molecule has 0 bridgehead atoms. The second kappa shape index (κ2) is 3.46. The van der Waals surface area contributed by atoms with Gasteiger partial charge in [-0.2, -0.15) is 0 Å². The molecule has 2 heterocycles. The fourth-order valence-corrected chi connectivity index (χ4v) is 1.81. The smallest absolute Gasteiger partial charge is 0.134 e. The van der Waals surface area contributed by atoms with E-state index in [1.807, 2.05) is 6.92 Å². The third-order valence-corrected chi connectivity index (χ3v) is 2.44. The van der Waals surface area contributed by atoms with Crippen LogP contribution in [0.1, 0.15) is 31.4 Å². The van der Waals surface area contributed by atoms with Gasteiger partial charge in [-0.05, 0) is 19.8 Å². The quantitative estimate of drug-likeness (QED) is 0.721. The van der Waals surface area contributed by atoms with Crippen LogP contribution in [0.4, 0.5) is 0 Å². The maximum absolute atomic E-state index is 5.74. The summed E-state index contributed by atoms with van der Waals surface area (Å²) in [6.45, 7) is 3.08. The average molecular weight is 180 g/mol. The van der Waals surface area contributed by atoms with Crippen molar-refractivity contribution in [3.8, 4) is 0 Å². The largest absolute Gasteiger partial charge is 0.328 e. The monoisotopic (exact) mass is 180 g/mol. The molecule has 1 aliphatic rings. The molecule has 72 valence electrons. The molecule has 0 aromatic carbocycles. The van der Waals surface area contributed by atoms with Crippen LogP contribution in [-0.2, 0) is 19.4 Å². The van der Waals surface area contributed by atoms with Crippen LogP contribution in [0.2, 0.25) is 0 Å². The van der Waals surface area contributed by atoms with E-state index in [1.165, 1.54) is 12.8 Å². The minimum atomic E-state index is 0.176. The Morgan fingerprint density at radius 2 is 2.31 bits per heavy atom. The van der Waals surface area contributed by atoms with Gasteiger partial charge in [-0.25, -0.2) is 0 Å². The molecule has 2 N–H and O–H groups in total. The van der Waals surface area contributed by atoms with Crippen LogP contribution < -0.4 is 5.73 Å². The van der Waals surface area contributed by atoms with Crippen molar-refractivity contribution in [3.05, 3.63) is 11.6 Å². The van der Waals surface area contributed by atoms with Crippen LogP contribution in [-0.4, -0.2) is 20.8 Å². The zero-order valence-electron chi connectivity index (χ0n) is 8.03. The third kappa shape index (κ3) is 1.72. The molecule has 0 saturated carbocycles. The summed E-state index contributed by atoms with van der Waals surface area (Å²) in [4.78, 5) is 0. The first-order chi connectivity index (χ1) is 6.27. The predicted molar refractivity (Wildman–Crippen MR) is 50.3 cm³/mol. The topological polar surface area (TPSA) is 56.7 Å². The SMILES string of the molecule is CC(N)Cc1nnc2n1CCCC2. The lowest BCUT2D eigenvalue weighted by Gasteiger charge is -2.15. The summed E-state index contributed by atoms with van der Waals surface area (Å²) in [5.74, 6) is 2.20. The number of aryl methyl sites for hydroxylation is 1. The van der Waals surface area contributed by atoms with Gasteiger partial charge in [0, 0.05) is 25.4 Å². The van der Waals surface area contributed by atoms with Crippen molar-refractivity contribution < 1.29 is 0 Å². The molecule has 0 fully saturated rings. The minimum absolute atomic E-state index is 0.176. The fraction of sp³-hybridized carbons (Fsp3) is 0.778. The van der Waals surface area contributed by atoms with Crippen molar-refractivity contribution >= 4 is 0 Å². The van der Waals surface area contributed by atoms with Crippen molar-refractivity contribution in [1.82, 2.24) is 14.8 Å². The summed E-state index contributed by atoms with van der Waals surface area (Å²) in [6, 6.07) is 0.176. The zero-order chi connectivity index (χ0) is 9.26. The van der Waals surface area contributed by atoms with E-state index >= 15 is 0 Å². The van der Waals surface area contributed by atoms with Gasteiger partial charge in [-0.3, -0.25) is 0 Å². The molecule has 0 aliphatic carbocycles. The highest BCUT2D eigenvalue weighted by Gasteiger charge is 2.15. The summed E-state index contributed by atoms with van der Waals surface area (Å²) in [5, 5.41) is 8.34. The van der Waals surface area contributed by atoms with Crippen LogP contribution in [0.3, 0.4) is 0 Å². The van der Waals surface area contributed by atoms with E-state index in [0.29, 0.717) is 0 Å². The van der Waals surface area contributed by atoms with Gasteiger partial charge < -0.3 is 10.3 Å². The first-order valence-corrected chi connectivity index (χ1v) is 4.94. The van der Waals surface area contributed by atoms with Crippen molar-refractivity contribution in [2.45, 2.75) is 45.2 Å². The normalized spacial score (nSPS) is 18.3. The summed E-state index contributed by atoms with van der Waals surface area (Å²) in [5.41, 5.74) is 5.74. The van der Waals surface area contributed by atoms with Gasteiger partial charge in [0.05, 0.1) is 0 Å². The van der Waals surface area contributed by atoms with Crippen LogP contribution in [0, 0.1) is 0 Å². The average Bonchev–Trinajstić information content (AvgIpc) is 2.48. The zero-order valence-corrected chi connectivity index (χ0v) is 8.03. The molecule has 1 aromatic rings. The molecule has 0 radical (unpaired) electrons. The van der Waals surface area contributed by atoms with Gasteiger partial charge >= 0.3 is 0 Å². The number of hydrogen-bond acceptors (Lipinski definition) is 3. The molecule has 2 rings (SSSR count). The maximum atomic E-state index is 5.74. The standard InChI is InChI=1S/C9H16N4/c1-7(10)6-9-12-11-8-4-2-3-5-13(8)9/h7H,2-6,10H2,1H3. The highest BCUT2D eigenvalue weighted by atomic mass is 15.3. The molecule has 4 heteroatoms. The van der Waals surface area contributed by atoms with Gasteiger partial charge in [0.15, 0.2) is 0 Å². The lowest BCUT2D eigenvalue weighted by atomic mass is 10.1. The van der Waals surface area contributed by atoms with Gasteiger partial charge in [0.1, 0.15) is 11.6 Å². The lowest BCUT2D eigenvalue weighted by Crippen LogP contribution is -2.22. The van der Waals surface area contributed by atoms with Crippen LogP contribution in [0.5, 0.6) is 0 Å². The van der Waals surface area contributed by atoms with E-state index in [0.717, 1.165) is 31.0 Å². The van der Waals surface area contributed by atoms with Gasteiger partial charge in [0.25, 0.3) is 0 Å². The Bertz CT molecular complexity index is 290. The van der Waals surface area contributed by atoms with Crippen LogP contribution in [0.15, 0.2) is 0 Å². The number of fused-ring (bicyclic) bond motifs is 1. The molecule has 1 aromatic heterocycles. The maximum Gasteiger partial charge on any atom is 0.134 e. The Balaban J connectivity index is 2.21. The molecule has 0 saturated heterocycles. The second-order valence-corrected chi connectivity index (χ2v) is 3.82. The Morgan fingerprint density at radius 1 is 1.46 bits per heavy atom. The highest BCUT2D eigenvalue weighted by molar-refractivity contribution is 5.00. The summed E-state index contributed by atoms with van der Waals surface area (Å²) < 4.78 is 2.23. The highest BCUT2D eigenvalue weighted by Crippen LogP contribution is 2.14. The molecular weight excluding hydrogens is 164 g/mol. The second-order valence-electron chi connectivity index (χ2n) is 3.82. The van der Waals surface area contributed by atoms with E-state index in [1.54, 1.807) is 0 Å². The Morgan fingerprint density at radius 3 is 3.08 bits per heavy atom. The molecule has 0 amide bonds. The molecule has 1 atom stereocenters. The minimum Gasteiger partial charge on any atom is -0.328 e. The van der Waals surface area contributed by atoms with Gasteiger partial charge in [-0.1, -0.05) is 0 Å². The Hall–Kier alpha value is -0.900. The Labute approximate surface area is 78.1 Å². The molecule has 0 spiro atoms. The van der Waals surface area contributed by atoms with Crippen molar-refractivity contribution in [2.75, 3.05) is 0 Å². The molecule has 1 unspecified atom stereocenters. The summed E-state index contributed by atoms with van der Waals surface area (Å²) in [6.07, 6.45) is 4.41. The van der Waals surface area contributed by atoms with Crippen LogP contribution in [0.25, 0.3) is 0 Å². The fourth-order valence-electron chi connectivity index (χ4n) is 1.81. The van der Waals surface area contributed by atoms with Crippen molar-refractivity contribution in [3.63, 3.8) is 0 Å². The molecule has 1 aliphatic heterocycles. The van der Waals surface area contributed by atoms with Crippen molar-refractivity contribution in [1.29, 1.82) is 0 Å². The third-order valence-electron chi connectivity index (χ3n) is 2.44. The van der Waals surface area contributed by atoms with E-state index in [9.17, 15) is 0 Å². The number of hydrogen-bond donors (Lipinski definition) is 1. The van der Waals surface area contributed by atoms with E-state index in [4.69, 9.17) is 5.73 Å². The van der Waals surface area contributed by atoms with E-state index in [-0.39, 0.29) is 6.04 Å². The first kappa shape index (κ1) is 8.69. The van der Waals surface area contributed by atoms with Gasteiger partial charge in [0.2, 0.25) is 0 Å². The number of rotatable bonds is 2. The molecule has 13 heavy (non-hydrogen) atoms. The molecule has 4 nitrogen and oxygen atoms in total. The summed E-state index contributed by atoms with van der Waals surface area (Å²) in [7, 11) is 0. The summed E-state index contributed by atoms with van der Waals surface area (Å²) >= 11 is 0. The lowest BCUT2D eigenvalue weighted by molar-refractivity contribution is 0.501. The molecular formula is C9H16N4. The van der Waals surface area contributed by atoms with Gasteiger partial charge in [-0.15, -0.1) is 10.2 Å². The first-order valence-electron chi connectivity index (χ1n) is 4.94. The van der Waals surface area contributed by atoms with Crippen LogP contribution >= 0.6 is 0 Å². The van der Waals surface area contributed by atoms with E-state index < -0.39 is 0 Å². The number of aromatic nitrogens is 3. The Kier molecular flexibility index (Phi) is 2.31. The number of nitrogens with two attached hydrogens (primary N) is 1.